The number of benzene rings is 2. The van der Waals surface area contributed by atoms with Gasteiger partial charge in [0.05, 0.1) is 22.2 Å². The first kappa shape index (κ1) is 14.9. The third kappa shape index (κ3) is 3.51. The minimum Gasteiger partial charge on any atom is -0.326 e. The average molecular weight is 309 g/mol. The molecule has 0 fully saturated rings. The SMILES string of the molecule is NCc1ccccc1CC(=O)Nc1c(Cl)cccc1Cl. The molecule has 2 rings (SSSR count). The largest absolute Gasteiger partial charge is 0.326 e. The number of carbonyl (C=O) groups is 1. The molecule has 2 aromatic rings. The Bertz CT molecular complexity index is 609. The quantitative estimate of drug-likeness (QED) is 0.906. The average Bonchev–Trinajstić information content (AvgIpc) is 2.44. The predicted molar refractivity (Wildman–Crippen MR) is 83.1 cm³/mol. The number of amides is 1. The maximum Gasteiger partial charge on any atom is 0.228 e. The minimum absolute atomic E-state index is 0.180. The number of carbonyl (C=O) groups excluding carboxylic acids is 1. The molecule has 0 heterocycles. The van der Waals surface area contributed by atoms with E-state index in [4.69, 9.17) is 28.9 Å². The van der Waals surface area contributed by atoms with Gasteiger partial charge in [-0.05, 0) is 23.3 Å². The van der Waals surface area contributed by atoms with Gasteiger partial charge >= 0.3 is 0 Å². The van der Waals surface area contributed by atoms with Crippen LogP contribution < -0.4 is 11.1 Å². The highest BCUT2D eigenvalue weighted by atomic mass is 35.5. The van der Waals surface area contributed by atoms with E-state index in [0.717, 1.165) is 11.1 Å². The smallest absolute Gasteiger partial charge is 0.228 e. The first-order valence-corrected chi connectivity index (χ1v) is 6.88. The van der Waals surface area contributed by atoms with Gasteiger partial charge in [0.1, 0.15) is 0 Å². The van der Waals surface area contributed by atoms with Gasteiger partial charge in [-0.25, -0.2) is 0 Å². The maximum absolute atomic E-state index is 12.1. The summed E-state index contributed by atoms with van der Waals surface area (Å²) in [5, 5.41) is 3.56. The Hall–Kier alpha value is -1.55. The normalized spacial score (nSPS) is 10.3. The number of hydrogen-bond donors (Lipinski definition) is 2. The molecule has 0 spiro atoms. The van der Waals surface area contributed by atoms with E-state index >= 15 is 0 Å². The van der Waals surface area contributed by atoms with Crippen molar-refractivity contribution in [2.24, 2.45) is 5.73 Å². The van der Waals surface area contributed by atoms with Crippen LogP contribution >= 0.6 is 23.2 Å². The highest BCUT2D eigenvalue weighted by molar-refractivity contribution is 6.39. The van der Waals surface area contributed by atoms with Crippen molar-refractivity contribution in [1.29, 1.82) is 0 Å². The molecule has 3 N–H and O–H groups in total. The van der Waals surface area contributed by atoms with Gasteiger partial charge in [-0.2, -0.15) is 0 Å². The lowest BCUT2D eigenvalue weighted by Gasteiger charge is -2.11. The van der Waals surface area contributed by atoms with Gasteiger partial charge in [-0.1, -0.05) is 53.5 Å². The fourth-order valence-electron chi connectivity index (χ4n) is 1.90. The Balaban J connectivity index is 2.13. The van der Waals surface area contributed by atoms with E-state index in [2.05, 4.69) is 5.32 Å². The second kappa shape index (κ2) is 6.75. The molecule has 0 saturated carbocycles. The van der Waals surface area contributed by atoms with Crippen molar-refractivity contribution in [2.45, 2.75) is 13.0 Å². The second-order valence-corrected chi connectivity index (χ2v) is 5.11. The summed E-state index contributed by atoms with van der Waals surface area (Å²) in [5.74, 6) is -0.180. The summed E-state index contributed by atoms with van der Waals surface area (Å²) < 4.78 is 0. The summed E-state index contributed by atoms with van der Waals surface area (Å²) >= 11 is 12.0. The van der Waals surface area contributed by atoms with Crippen molar-refractivity contribution < 1.29 is 4.79 Å². The topological polar surface area (TPSA) is 55.1 Å². The number of hydrogen-bond acceptors (Lipinski definition) is 2. The zero-order chi connectivity index (χ0) is 14.5. The van der Waals surface area contributed by atoms with Gasteiger partial charge in [0, 0.05) is 6.54 Å². The lowest BCUT2D eigenvalue weighted by molar-refractivity contribution is -0.115. The van der Waals surface area contributed by atoms with Gasteiger partial charge in [0.25, 0.3) is 0 Å². The summed E-state index contributed by atoms with van der Waals surface area (Å²) in [6.45, 7) is 0.399. The zero-order valence-corrected chi connectivity index (χ0v) is 12.2. The molecule has 0 radical (unpaired) electrons. The van der Waals surface area contributed by atoms with Crippen LogP contribution in [0.1, 0.15) is 11.1 Å². The monoisotopic (exact) mass is 308 g/mol. The molecule has 20 heavy (non-hydrogen) atoms. The highest BCUT2D eigenvalue weighted by Crippen LogP contribution is 2.29. The standard InChI is InChI=1S/C15H14Cl2N2O/c16-12-6-3-7-13(17)15(12)19-14(20)8-10-4-1-2-5-11(10)9-18/h1-7H,8-9,18H2,(H,19,20). The van der Waals surface area contributed by atoms with Crippen LogP contribution in [0.3, 0.4) is 0 Å². The molecule has 104 valence electrons. The molecule has 0 aliphatic rings. The molecule has 0 aliphatic heterocycles. The molecule has 2 aromatic carbocycles. The minimum atomic E-state index is -0.180. The molecule has 1 amide bonds. The van der Waals surface area contributed by atoms with E-state index in [1.807, 2.05) is 24.3 Å². The van der Waals surface area contributed by atoms with Gasteiger partial charge in [-0.3, -0.25) is 4.79 Å². The van der Waals surface area contributed by atoms with Crippen molar-refractivity contribution in [2.75, 3.05) is 5.32 Å². The molecule has 0 aliphatic carbocycles. The molecule has 0 atom stereocenters. The third-order valence-corrected chi connectivity index (χ3v) is 3.55. The van der Waals surface area contributed by atoms with Gasteiger partial charge < -0.3 is 11.1 Å². The Kier molecular flexibility index (Phi) is 5.01. The lowest BCUT2D eigenvalue weighted by Crippen LogP contribution is -2.16. The van der Waals surface area contributed by atoms with E-state index in [-0.39, 0.29) is 12.3 Å². The Morgan fingerprint density at radius 1 is 1.00 bits per heavy atom. The molecular formula is C15H14Cl2N2O. The Labute approximate surface area is 127 Å². The molecule has 0 saturated heterocycles. The highest BCUT2D eigenvalue weighted by Gasteiger charge is 2.11. The van der Waals surface area contributed by atoms with Crippen molar-refractivity contribution in [3.8, 4) is 0 Å². The second-order valence-electron chi connectivity index (χ2n) is 4.29. The van der Waals surface area contributed by atoms with E-state index < -0.39 is 0 Å². The van der Waals surface area contributed by atoms with Crippen LogP contribution in [-0.2, 0) is 17.8 Å². The Morgan fingerprint density at radius 2 is 1.60 bits per heavy atom. The van der Waals surface area contributed by atoms with E-state index in [9.17, 15) is 4.79 Å². The van der Waals surface area contributed by atoms with Crippen molar-refractivity contribution in [3.05, 3.63) is 63.6 Å². The van der Waals surface area contributed by atoms with Crippen molar-refractivity contribution in [1.82, 2.24) is 0 Å². The summed E-state index contributed by atoms with van der Waals surface area (Å²) in [4.78, 5) is 12.1. The van der Waals surface area contributed by atoms with Crippen molar-refractivity contribution >= 4 is 34.8 Å². The van der Waals surface area contributed by atoms with E-state index in [1.54, 1.807) is 18.2 Å². The van der Waals surface area contributed by atoms with Crippen LogP contribution in [0.2, 0.25) is 10.0 Å². The van der Waals surface area contributed by atoms with Crippen LogP contribution in [0, 0.1) is 0 Å². The third-order valence-electron chi connectivity index (χ3n) is 2.92. The number of anilines is 1. The zero-order valence-electron chi connectivity index (χ0n) is 10.7. The van der Waals surface area contributed by atoms with Gasteiger partial charge in [0.2, 0.25) is 5.91 Å². The van der Waals surface area contributed by atoms with Crippen LogP contribution in [0.25, 0.3) is 0 Å². The molecule has 0 bridgehead atoms. The van der Waals surface area contributed by atoms with Crippen LogP contribution in [0.5, 0.6) is 0 Å². The fourth-order valence-corrected chi connectivity index (χ4v) is 2.39. The maximum atomic E-state index is 12.1. The number of para-hydroxylation sites is 1. The van der Waals surface area contributed by atoms with Gasteiger partial charge in [0.15, 0.2) is 0 Å². The first-order chi connectivity index (χ1) is 9.61. The molecule has 0 aromatic heterocycles. The van der Waals surface area contributed by atoms with Crippen LogP contribution in [0.15, 0.2) is 42.5 Å². The molecule has 5 heteroatoms. The molecular weight excluding hydrogens is 295 g/mol. The van der Waals surface area contributed by atoms with Crippen molar-refractivity contribution in [3.63, 3.8) is 0 Å². The first-order valence-electron chi connectivity index (χ1n) is 6.12. The summed E-state index contributed by atoms with van der Waals surface area (Å²) in [6.07, 6.45) is 0.231. The number of rotatable bonds is 4. The van der Waals surface area contributed by atoms with E-state index in [0.29, 0.717) is 22.3 Å². The number of halogens is 2. The number of nitrogens with one attached hydrogen (secondary N) is 1. The summed E-state index contributed by atoms with van der Waals surface area (Å²) in [6, 6.07) is 12.7. The lowest BCUT2D eigenvalue weighted by atomic mass is 10.0. The summed E-state index contributed by atoms with van der Waals surface area (Å²) in [7, 11) is 0. The molecule has 0 unspecified atom stereocenters. The van der Waals surface area contributed by atoms with E-state index in [1.165, 1.54) is 0 Å². The predicted octanol–water partition coefficient (Wildman–Crippen LogP) is 3.63. The summed E-state index contributed by atoms with van der Waals surface area (Å²) in [5.41, 5.74) is 7.94. The Morgan fingerprint density at radius 3 is 2.20 bits per heavy atom. The molecule has 3 nitrogen and oxygen atoms in total. The number of nitrogens with two attached hydrogens (primary N) is 1. The van der Waals surface area contributed by atoms with Crippen LogP contribution in [0.4, 0.5) is 5.69 Å². The van der Waals surface area contributed by atoms with Crippen LogP contribution in [-0.4, -0.2) is 5.91 Å². The fraction of sp³-hybridized carbons (Fsp3) is 0.133. The van der Waals surface area contributed by atoms with Gasteiger partial charge in [-0.15, -0.1) is 0 Å².